The van der Waals surface area contributed by atoms with Gasteiger partial charge in [-0.2, -0.15) is 0 Å². The summed E-state index contributed by atoms with van der Waals surface area (Å²) in [4.78, 5) is 24.4. The van der Waals surface area contributed by atoms with E-state index in [1.54, 1.807) is 4.31 Å². The Labute approximate surface area is 246 Å². The molecular weight excluding hydrogens is 620 g/mol. The molecule has 40 heavy (non-hydrogen) atoms. The first kappa shape index (κ1) is 30.0. The summed E-state index contributed by atoms with van der Waals surface area (Å²) >= 11 is 4.52. The van der Waals surface area contributed by atoms with Crippen LogP contribution in [0.25, 0.3) is 10.4 Å². The van der Waals surface area contributed by atoms with Crippen LogP contribution < -0.4 is 10.1 Å². The molecule has 2 N–H and O–H groups in total. The molecule has 2 aromatic carbocycles. The van der Waals surface area contributed by atoms with Crippen molar-refractivity contribution in [3.8, 4) is 16.2 Å². The van der Waals surface area contributed by atoms with Crippen molar-refractivity contribution in [1.29, 1.82) is 0 Å². The summed E-state index contributed by atoms with van der Waals surface area (Å²) in [5.74, 6) is -1.64. The lowest BCUT2D eigenvalue weighted by molar-refractivity contribution is -0.146. The van der Waals surface area contributed by atoms with E-state index in [0.29, 0.717) is 41.7 Å². The highest BCUT2D eigenvalue weighted by molar-refractivity contribution is 9.10. The van der Waals surface area contributed by atoms with E-state index in [4.69, 9.17) is 9.47 Å². The molecule has 214 valence electrons. The number of piperidine rings is 1. The Hall–Kier alpha value is -2.93. The Morgan fingerprint density at radius 2 is 1.85 bits per heavy atom. The predicted octanol–water partition coefficient (Wildman–Crippen LogP) is 5.61. The Morgan fingerprint density at radius 3 is 2.52 bits per heavy atom. The summed E-state index contributed by atoms with van der Waals surface area (Å²) < 4.78 is 38.4. The molecule has 0 spiro atoms. The number of hydrogen-bond acceptors (Lipinski definition) is 8. The molecular formula is C28H31BrN2O7S2. The molecule has 0 unspecified atom stereocenters. The summed E-state index contributed by atoms with van der Waals surface area (Å²) in [5, 5.41) is 13.2. The van der Waals surface area contributed by atoms with Crippen molar-refractivity contribution in [3.63, 3.8) is 0 Å². The van der Waals surface area contributed by atoms with Crippen LogP contribution in [0.1, 0.15) is 41.4 Å². The lowest BCUT2D eigenvalue weighted by atomic mass is 10.1. The van der Waals surface area contributed by atoms with Crippen molar-refractivity contribution >= 4 is 54.9 Å². The second-order valence-corrected chi connectivity index (χ2v) is 13.1. The van der Waals surface area contributed by atoms with E-state index in [9.17, 15) is 23.1 Å². The number of benzene rings is 2. The zero-order valence-electron chi connectivity index (χ0n) is 22.0. The molecule has 0 bridgehead atoms. The second kappa shape index (κ2) is 13.6. The van der Waals surface area contributed by atoms with Gasteiger partial charge in [0.25, 0.3) is 0 Å². The maximum atomic E-state index is 12.9. The Kier molecular flexibility index (Phi) is 10.2. The molecule has 12 heteroatoms. The summed E-state index contributed by atoms with van der Waals surface area (Å²) in [7, 11) is -3.39. The fourth-order valence-corrected chi connectivity index (χ4v) is 7.83. The van der Waals surface area contributed by atoms with E-state index in [1.165, 1.54) is 0 Å². The minimum absolute atomic E-state index is 0.00632. The van der Waals surface area contributed by atoms with Gasteiger partial charge in [-0.3, -0.25) is 0 Å². The zero-order chi connectivity index (χ0) is 28.7. The minimum atomic E-state index is -3.39. The third kappa shape index (κ3) is 7.62. The van der Waals surface area contributed by atoms with E-state index in [2.05, 4.69) is 21.2 Å². The summed E-state index contributed by atoms with van der Waals surface area (Å²) in [6.45, 7) is 2.63. The number of rotatable bonds is 12. The lowest BCUT2D eigenvalue weighted by Gasteiger charge is -2.32. The fraction of sp³-hybridized carbons (Fsp3) is 0.357. The number of carboxylic acids is 1. The molecule has 4 rings (SSSR count). The number of esters is 1. The Morgan fingerprint density at radius 1 is 1.12 bits per heavy atom. The molecule has 0 radical (unpaired) electrons. The molecule has 9 nitrogen and oxygen atoms in total. The number of ether oxygens (including phenoxy) is 2. The van der Waals surface area contributed by atoms with E-state index < -0.39 is 28.6 Å². The first-order chi connectivity index (χ1) is 19.2. The van der Waals surface area contributed by atoms with Gasteiger partial charge >= 0.3 is 11.9 Å². The standard InChI is InChI=1S/C28H31BrN2O7S2/c1-2-15-37-23(32)17-38-25-24(29)26(39-27(25)28(33)34)20-9-6-10-22(16-20)30-21-11-13-31(14-12-21)40(35,36)18-19-7-4-3-5-8-19/h3-10,16,21,30H,2,11-15,17-18H2,1H3,(H,33,34). The van der Waals surface area contributed by atoms with Crippen molar-refractivity contribution in [2.24, 2.45) is 0 Å². The highest BCUT2D eigenvalue weighted by atomic mass is 79.9. The zero-order valence-corrected chi connectivity index (χ0v) is 25.2. The van der Waals surface area contributed by atoms with E-state index in [0.717, 1.165) is 28.2 Å². The number of thiophene rings is 1. The topological polar surface area (TPSA) is 122 Å². The van der Waals surface area contributed by atoms with Crippen LogP contribution in [-0.2, 0) is 25.3 Å². The molecule has 0 atom stereocenters. The van der Waals surface area contributed by atoms with Gasteiger partial charge in [-0.1, -0.05) is 49.4 Å². The van der Waals surface area contributed by atoms with Gasteiger partial charge in [0, 0.05) is 24.8 Å². The molecule has 0 saturated carbocycles. The van der Waals surface area contributed by atoms with Gasteiger partial charge in [-0.25, -0.2) is 22.3 Å². The number of carbonyl (C=O) groups excluding carboxylic acids is 1. The Balaban J connectivity index is 1.41. The van der Waals surface area contributed by atoms with Crippen LogP contribution in [0.4, 0.5) is 5.69 Å². The summed E-state index contributed by atoms with van der Waals surface area (Å²) in [6, 6.07) is 16.8. The first-order valence-electron chi connectivity index (χ1n) is 12.9. The minimum Gasteiger partial charge on any atom is -0.479 e. The average molecular weight is 652 g/mol. The maximum Gasteiger partial charge on any atom is 0.349 e. The normalized spacial score (nSPS) is 14.6. The SMILES string of the molecule is CCCOC(=O)COc1c(C(=O)O)sc(-c2cccc(NC3CCN(S(=O)(=O)Cc4ccccc4)CC3)c2)c1Br. The number of anilines is 1. The van der Waals surface area contributed by atoms with Crippen LogP contribution in [0.3, 0.4) is 0 Å². The van der Waals surface area contributed by atoms with Crippen molar-refractivity contribution in [2.45, 2.75) is 38.0 Å². The van der Waals surface area contributed by atoms with Gasteiger partial charge < -0.3 is 19.9 Å². The van der Waals surface area contributed by atoms with Gasteiger partial charge in [-0.15, -0.1) is 11.3 Å². The molecule has 1 fully saturated rings. The van der Waals surface area contributed by atoms with E-state index in [-0.39, 0.29) is 29.0 Å². The van der Waals surface area contributed by atoms with Crippen LogP contribution in [0.2, 0.25) is 0 Å². The van der Waals surface area contributed by atoms with Crippen molar-refractivity contribution in [2.75, 3.05) is 31.6 Å². The number of aromatic carboxylic acids is 1. The number of nitrogens with one attached hydrogen (secondary N) is 1. The van der Waals surface area contributed by atoms with Crippen LogP contribution in [0.15, 0.2) is 59.1 Å². The van der Waals surface area contributed by atoms with Crippen LogP contribution in [0, 0.1) is 0 Å². The van der Waals surface area contributed by atoms with E-state index >= 15 is 0 Å². The smallest absolute Gasteiger partial charge is 0.349 e. The molecule has 3 aromatic rings. The van der Waals surface area contributed by atoms with Crippen LogP contribution in [-0.4, -0.2) is 62.1 Å². The van der Waals surface area contributed by atoms with Gasteiger partial charge in [0.1, 0.15) is 0 Å². The maximum absolute atomic E-state index is 12.9. The Bertz CT molecular complexity index is 1440. The van der Waals surface area contributed by atoms with Crippen molar-refractivity contribution in [1.82, 2.24) is 4.31 Å². The molecule has 1 aliphatic rings. The number of sulfonamides is 1. The fourth-order valence-electron chi connectivity index (χ4n) is 4.38. The molecule has 1 aromatic heterocycles. The summed E-state index contributed by atoms with van der Waals surface area (Å²) in [5.41, 5.74) is 2.39. The van der Waals surface area contributed by atoms with Gasteiger partial charge in [0.05, 0.1) is 21.7 Å². The quantitative estimate of drug-likeness (QED) is 0.242. The van der Waals surface area contributed by atoms with Crippen molar-refractivity contribution < 1.29 is 32.6 Å². The number of carbonyl (C=O) groups is 2. The molecule has 2 heterocycles. The molecule has 0 amide bonds. The number of halogens is 1. The molecule has 1 saturated heterocycles. The highest BCUT2D eigenvalue weighted by Crippen LogP contribution is 2.46. The van der Waals surface area contributed by atoms with Crippen molar-refractivity contribution in [3.05, 3.63) is 69.5 Å². The van der Waals surface area contributed by atoms with E-state index in [1.807, 2.05) is 61.5 Å². The third-order valence-corrected chi connectivity index (χ3v) is 10.4. The largest absolute Gasteiger partial charge is 0.479 e. The second-order valence-electron chi connectivity index (χ2n) is 9.36. The number of nitrogens with zero attached hydrogens (tertiary/aromatic N) is 1. The molecule has 1 aliphatic heterocycles. The van der Waals surface area contributed by atoms with Gasteiger partial charge in [0.15, 0.2) is 17.2 Å². The average Bonchev–Trinajstić information content (AvgIpc) is 3.27. The van der Waals surface area contributed by atoms with Gasteiger partial charge in [0.2, 0.25) is 10.0 Å². The van der Waals surface area contributed by atoms with Crippen LogP contribution in [0.5, 0.6) is 5.75 Å². The first-order valence-corrected chi connectivity index (χ1v) is 16.1. The summed E-state index contributed by atoms with van der Waals surface area (Å²) in [6.07, 6.45) is 2.00. The lowest BCUT2D eigenvalue weighted by Crippen LogP contribution is -2.42. The monoisotopic (exact) mass is 650 g/mol. The number of hydrogen-bond donors (Lipinski definition) is 2. The number of carboxylic acid groups (broad SMARTS) is 1. The van der Waals surface area contributed by atoms with Crippen LogP contribution >= 0.6 is 27.3 Å². The van der Waals surface area contributed by atoms with Gasteiger partial charge in [-0.05, 0) is 58.5 Å². The molecule has 0 aliphatic carbocycles. The highest BCUT2D eigenvalue weighted by Gasteiger charge is 2.29. The predicted molar refractivity (Wildman–Crippen MR) is 158 cm³/mol. The third-order valence-electron chi connectivity index (χ3n) is 6.34.